The highest BCUT2D eigenvalue weighted by Gasteiger charge is 2.30. The molecule has 0 unspecified atom stereocenters. The van der Waals surface area contributed by atoms with Gasteiger partial charge in [0.05, 0.1) is 49.8 Å². The van der Waals surface area contributed by atoms with Crippen molar-refractivity contribution in [3.63, 3.8) is 0 Å². The molecule has 0 saturated heterocycles. The zero-order valence-electron chi connectivity index (χ0n) is 40.7. The normalized spacial score (nSPS) is 11.9. The Morgan fingerprint density at radius 2 is 0.645 bits per heavy atom. The van der Waals surface area contributed by atoms with Crippen LogP contribution in [0.5, 0.6) is 0 Å². The Balaban J connectivity index is 1.10. The van der Waals surface area contributed by atoms with Crippen molar-refractivity contribution >= 4 is 87.2 Å². The quantitative estimate of drug-likeness (QED) is 0.159. The van der Waals surface area contributed by atoms with Crippen molar-refractivity contribution in [3.8, 4) is 56.9 Å². The number of fused-ring (bicyclic) bond motifs is 15. The maximum absolute atomic E-state index is 5.31. The summed E-state index contributed by atoms with van der Waals surface area (Å²) in [5.74, 6) is 1.57. The number of nitrogens with zero attached hydrogens (tertiary/aromatic N) is 9. The minimum absolute atomic E-state index is 0.520. The van der Waals surface area contributed by atoms with E-state index in [4.69, 9.17) is 15.0 Å². The highest BCUT2D eigenvalue weighted by atomic mass is 15.1. The van der Waals surface area contributed by atoms with Crippen LogP contribution in [0.4, 0.5) is 0 Å². The molecule has 16 rings (SSSR count). The van der Waals surface area contributed by atoms with Gasteiger partial charge in [-0.25, -0.2) is 15.0 Å². The van der Waals surface area contributed by atoms with Crippen molar-refractivity contribution < 1.29 is 0 Å². The number of hydrogen-bond donors (Lipinski definition) is 0. The van der Waals surface area contributed by atoms with Gasteiger partial charge in [0.2, 0.25) is 0 Å². The first-order chi connectivity index (χ1) is 37.8. The Bertz CT molecular complexity index is 4790. The third kappa shape index (κ3) is 6.11. The van der Waals surface area contributed by atoms with Crippen molar-refractivity contribution in [2.75, 3.05) is 0 Å². The molecule has 0 amide bonds. The topological polar surface area (TPSA) is 84.2 Å². The third-order valence-corrected chi connectivity index (χ3v) is 15.1. The first-order valence-electron chi connectivity index (χ1n) is 25.5. The second-order valence-corrected chi connectivity index (χ2v) is 19.3. The number of benzene rings is 9. The molecule has 9 nitrogen and oxygen atoms in total. The maximum atomic E-state index is 5.31. The molecule has 0 radical (unpaired) electrons. The van der Waals surface area contributed by atoms with Gasteiger partial charge in [0.25, 0.3) is 0 Å². The molecule has 0 saturated carbocycles. The van der Waals surface area contributed by atoms with Gasteiger partial charge >= 0.3 is 0 Å². The highest BCUT2D eigenvalue weighted by molar-refractivity contribution is 6.40. The van der Waals surface area contributed by atoms with E-state index in [1.165, 1.54) is 26.9 Å². The molecule has 76 heavy (non-hydrogen) atoms. The summed E-state index contributed by atoms with van der Waals surface area (Å²) in [6.07, 6.45) is 7.13. The molecule has 0 aliphatic heterocycles. The van der Waals surface area contributed by atoms with E-state index in [2.05, 4.69) is 228 Å². The van der Waals surface area contributed by atoms with Gasteiger partial charge < -0.3 is 18.3 Å². The van der Waals surface area contributed by atoms with Crippen LogP contribution in [-0.2, 0) is 0 Å². The molecule has 0 bridgehead atoms. The third-order valence-electron chi connectivity index (χ3n) is 15.1. The summed E-state index contributed by atoms with van der Waals surface area (Å²) in [5, 5.41) is 9.38. The highest BCUT2D eigenvalue weighted by Crippen LogP contribution is 2.51. The predicted molar refractivity (Wildman–Crippen MR) is 309 cm³/mol. The summed E-state index contributed by atoms with van der Waals surface area (Å²) >= 11 is 0. The van der Waals surface area contributed by atoms with E-state index in [-0.39, 0.29) is 0 Å². The van der Waals surface area contributed by atoms with Crippen LogP contribution in [0.25, 0.3) is 144 Å². The molecule has 7 heterocycles. The van der Waals surface area contributed by atoms with Crippen molar-refractivity contribution in [1.82, 2.24) is 43.2 Å². The molecule has 0 aliphatic rings. The molecule has 9 heteroatoms. The van der Waals surface area contributed by atoms with Crippen LogP contribution >= 0.6 is 0 Å². The number of hydrogen-bond acceptors (Lipinski definition) is 5. The minimum atomic E-state index is 0.520. The van der Waals surface area contributed by atoms with E-state index in [1.807, 2.05) is 24.3 Å². The fourth-order valence-corrected chi connectivity index (χ4v) is 12.1. The Kier molecular flexibility index (Phi) is 9.13. The largest absolute Gasteiger partial charge is 0.308 e. The fourth-order valence-electron chi connectivity index (χ4n) is 12.1. The van der Waals surface area contributed by atoms with Crippen LogP contribution in [0.15, 0.2) is 249 Å². The summed E-state index contributed by atoms with van der Waals surface area (Å²) < 4.78 is 9.88. The van der Waals surface area contributed by atoms with Gasteiger partial charge in [0, 0.05) is 102 Å². The predicted octanol–water partition coefficient (Wildman–Crippen LogP) is 16.1. The van der Waals surface area contributed by atoms with Gasteiger partial charge in [-0.15, -0.1) is 0 Å². The molecule has 9 aromatic carbocycles. The first kappa shape index (κ1) is 42.0. The number of aromatic nitrogens is 9. The van der Waals surface area contributed by atoms with Crippen LogP contribution in [0.1, 0.15) is 0 Å². The number of para-hydroxylation sites is 7. The molecule has 16 aromatic rings. The lowest BCUT2D eigenvalue weighted by atomic mass is 10.0. The van der Waals surface area contributed by atoms with Crippen molar-refractivity contribution in [2.24, 2.45) is 0 Å². The smallest absolute Gasteiger partial charge is 0.166 e. The molecule has 0 aliphatic carbocycles. The van der Waals surface area contributed by atoms with Crippen LogP contribution in [0.3, 0.4) is 0 Å². The van der Waals surface area contributed by atoms with E-state index in [9.17, 15) is 0 Å². The minimum Gasteiger partial charge on any atom is -0.308 e. The summed E-state index contributed by atoms with van der Waals surface area (Å²) in [7, 11) is 0. The van der Waals surface area contributed by atoms with Crippen LogP contribution in [0.2, 0.25) is 0 Å². The van der Waals surface area contributed by atoms with Crippen molar-refractivity contribution in [2.45, 2.75) is 0 Å². The van der Waals surface area contributed by atoms with Gasteiger partial charge in [-0.3, -0.25) is 9.97 Å². The van der Waals surface area contributed by atoms with Crippen LogP contribution in [0, 0.1) is 0 Å². The molecule has 0 N–H and O–H groups in total. The monoisotopic (exact) mass is 971 g/mol. The van der Waals surface area contributed by atoms with Gasteiger partial charge in [-0.05, 0) is 97.1 Å². The summed E-state index contributed by atoms with van der Waals surface area (Å²) in [6.45, 7) is 0. The van der Waals surface area contributed by atoms with Gasteiger partial charge in [0.15, 0.2) is 17.5 Å². The zero-order chi connectivity index (χ0) is 49.8. The average molecular weight is 972 g/mol. The van der Waals surface area contributed by atoms with Crippen LogP contribution < -0.4 is 0 Å². The van der Waals surface area contributed by atoms with E-state index in [0.29, 0.717) is 17.5 Å². The summed E-state index contributed by atoms with van der Waals surface area (Å²) in [6, 6.07) is 80.3. The molecular formula is C67H41N9. The SMILES string of the molecule is c1ccc(-n2c3ccccc3c3c2c2c4ccccc4n(-c4ccc(-c5nc(-c6cccnc6)nc(-c6cccnc6)n5)c(-n5c6ccccc6c6ccccc65)c4)c2c2c4ccccc4n(-c4ccccc4)c32)cc1. The molecule has 7 aromatic heterocycles. The van der Waals surface area contributed by atoms with Gasteiger partial charge in [0.1, 0.15) is 0 Å². The summed E-state index contributed by atoms with van der Waals surface area (Å²) in [4.78, 5) is 24.6. The van der Waals surface area contributed by atoms with E-state index < -0.39 is 0 Å². The standard InChI is InChI=1S/C67H41N9/c1-3-21-44(22-4-1)73-55-32-14-9-27-49(55)59-62-60(50-28-10-15-33-56(50)74(62)45-23-5-2-6-24-45)64-61(63(59)73)51-29-11-16-34-57(51)75(64)46-35-36-52(58(39-46)76-53-30-12-7-25-47(53)48-26-8-13-31-54(48)76)67-71-65(42-19-17-37-68-40-42)70-66(72-67)43-20-18-38-69-41-43/h1-41H. The number of rotatable bonds is 7. The van der Waals surface area contributed by atoms with E-state index in [0.717, 1.165) is 99.7 Å². The first-order valence-corrected chi connectivity index (χ1v) is 25.5. The molecule has 0 fully saturated rings. The zero-order valence-corrected chi connectivity index (χ0v) is 40.7. The Morgan fingerprint density at radius 3 is 1.07 bits per heavy atom. The van der Waals surface area contributed by atoms with Crippen molar-refractivity contribution in [1.29, 1.82) is 0 Å². The maximum Gasteiger partial charge on any atom is 0.166 e. The van der Waals surface area contributed by atoms with Gasteiger partial charge in [-0.2, -0.15) is 0 Å². The Labute approximate surface area is 434 Å². The average Bonchev–Trinajstić information content (AvgIpc) is 4.25. The van der Waals surface area contributed by atoms with Crippen molar-refractivity contribution in [3.05, 3.63) is 249 Å². The summed E-state index contributed by atoms with van der Waals surface area (Å²) in [5.41, 5.74) is 15.4. The van der Waals surface area contributed by atoms with E-state index in [1.54, 1.807) is 24.8 Å². The molecule has 0 spiro atoms. The lowest BCUT2D eigenvalue weighted by molar-refractivity contribution is 1.06. The Hall–Kier alpha value is -10.5. The second kappa shape index (κ2) is 16.5. The second-order valence-electron chi connectivity index (χ2n) is 19.3. The van der Waals surface area contributed by atoms with Crippen LogP contribution in [-0.4, -0.2) is 43.2 Å². The molecule has 354 valence electrons. The molecular weight excluding hydrogens is 931 g/mol. The molecule has 0 atom stereocenters. The Morgan fingerprint density at radius 1 is 0.276 bits per heavy atom. The lowest BCUT2D eigenvalue weighted by Gasteiger charge is -2.18. The number of pyridine rings is 2. The van der Waals surface area contributed by atoms with E-state index >= 15 is 0 Å². The van der Waals surface area contributed by atoms with Gasteiger partial charge in [-0.1, -0.05) is 127 Å². The lowest BCUT2D eigenvalue weighted by Crippen LogP contribution is -2.05. The fraction of sp³-hybridized carbons (Fsp3) is 0.